The number of H-pyrrole nitrogens is 1. The van der Waals surface area contributed by atoms with Gasteiger partial charge in [0.1, 0.15) is 0 Å². The van der Waals surface area contributed by atoms with Crippen molar-refractivity contribution in [1.82, 2.24) is 4.98 Å². The molecule has 30 heavy (non-hydrogen) atoms. The van der Waals surface area contributed by atoms with Gasteiger partial charge < -0.3 is 9.88 Å². The molecule has 2 heterocycles. The van der Waals surface area contributed by atoms with Gasteiger partial charge in [0.05, 0.1) is 6.04 Å². The van der Waals surface area contributed by atoms with Gasteiger partial charge in [-0.2, -0.15) is 0 Å². The van der Waals surface area contributed by atoms with E-state index in [1.165, 1.54) is 44.2 Å². The van der Waals surface area contributed by atoms with Gasteiger partial charge in [0.15, 0.2) is 0 Å². The van der Waals surface area contributed by atoms with Crippen molar-refractivity contribution in [2.24, 2.45) is 0 Å². The largest absolute Gasteiger partial charge is 0.366 e. The van der Waals surface area contributed by atoms with Crippen LogP contribution in [0.4, 0.5) is 5.69 Å². The molecule has 5 aromatic rings. The zero-order valence-electron chi connectivity index (χ0n) is 17.3. The minimum Gasteiger partial charge on any atom is -0.366 e. The Morgan fingerprint density at radius 3 is 2.17 bits per heavy atom. The summed E-state index contributed by atoms with van der Waals surface area (Å²) in [5.74, 6) is 0. The van der Waals surface area contributed by atoms with Crippen molar-refractivity contribution >= 4 is 27.5 Å². The standard InChI is InChI=1S/C28H24N2/c1-28(20-13-7-4-8-14-20)23-18-25-22(21-15-9-10-16-24(21)29-25)17-26(23)30(2)27(28)19-11-5-3-6-12-19/h3-18,27,29H,1-2H3. The number of hydrogen-bond donors (Lipinski definition) is 1. The van der Waals surface area contributed by atoms with Crippen LogP contribution in [0.5, 0.6) is 0 Å². The maximum Gasteiger partial charge on any atom is 0.0674 e. The third kappa shape index (κ3) is 2.25. The number of rotatable bonds is 2. The molecule has 0 aliphatic carbocycles. The van der Waals surface area contributed by atoms with E-state index in [0.717, 1.165) is 0 Å². The summed E-state index contributed by atoms with van der Waals surface area (Å²) in [5, 5.41) is 2.58. The zero-order chi connectivity index (χ0) is 20.3. The summed E-state index contributed by atoms with van der Waals surface area (Å²) in [6.45, 7) is 2.40. The van der Waals surface area contributed by atoms with E-state index in [-0.39, 0.29) is 11.5 Å². The molecule has 146 valence electrons. The maximum atomic E-state index is 3.65. The van der Waals surface area contributed by atoms with E-state index in [0.29, 0.717) is 0 Å². The topological polar surface area (TPSA) is 19.0 Å². The molecule has 0 saturated heterocycles. The first kappa shape index (κ1) is 17.3. The number of likely N-dealkylation sites (N-methyl/N-ethyl adjacent to an activating group) is 1. The monoisotopic (exact) mass is 388 g/mol. The van der Waals surface area contributed by atoms with E-state index < -0.39 is 0 Å². The Balaban J connectivity index is 1.68. The fourth-order valence-electron chi connectivity index (χ4n) is 5.56. The van der Waals surface area contributed by atoms with Crippen LogP contribution in [-0.2, 0) is 5.41 Å². The molecule has 0 fully saturated rings. The second kappa shape index (κ2) is 6.24. The fourth-order valence-corrected chi connectivity index (χ4v) is 5.56. The lowest BCUT2D eigenvalue weighted by Gasteiger charge is -2.36. The molecule has 6 rings (SSSR count). The number of aromatic nitrogens is 1. The van der Waals surface area contributed by atoms with Crippen LogP contribution in [0.25, 0.3) is 21.8 Å². The number of aromatic amines is 1. The Hall–Kier alpha value is -3.52. The molecule has 2 atom stereocenters. The lowest BCUT2D eigenvalue weighted by Crippen LogP contribution is -2.34. The molecule has 1 aromatic heterocycles. The van der Waals surface area contributed by atoms with Gasteiger partial charge in [-0.15, -0.1) is 0 Å². The number of benzene rings is 4. The van der Waals surface area contributed by atoms with Crippen molar-refractivity contribution < 1.29 is 0 Å². The average molecular weight is 389 g/mol. The van der Waals surface area contributed by atoms with Crippen molar-refractivity contribution in [1.29, 1.82) is 0 Å². The average Bonchev–Trinajstić information content (AvgIpc) is 3.27. The van der Waals surface area contributed by atoms with Gasteiger partial charge in [0, 0.05) is 40.0 Å². The van der Waals surface area contributed by atoms with Crippen LogP contribution in [0, 0.1) is 0 Å². The minimum atomic E-state index is -0.155. The summed E-state index contributed by atoms with van der Waals surface area (Å²) in [6, 6.07) is 35.4. The van der Waals surface area contributed by atoms with Crippen LogP contribution < -0.4 is 4.90 Å². The van der Waals surface area contributed by atoms with Gasteiger partial charge in [-0.3, -0.25) is 0 Å². The van der Waals surface area contributed by atoms with Crippen LogP contribution in [-0.4, -0.2) is 12.0 Å². The molecule has 1 aliphatic heterocycles. The third-order valence-corrected chi connectivity index (χ3v) is 6.98. The molecule has 0 saturated carbocycles. The summed E-state index contributed by atoms with van der Waals surface area (Å²) in [4.78, 5) is 6.12. The van der Waals surface area contributed by atoms with Crippen molar-refractivity contribution in [2.75, 3.05) is 11.9 Å². The van der Waals surface area contributed by atoms with E-state index in [1.54, 1.807) is 0 Å². The highest BCUT2D eigenvalue weighted by Crippen LogP contribution is 2.56. The molecule has 1 aliphatic rings. The van der Waals surface area contributed by atoms with Gasteiger partial charge in [0.25, 0.3) is 0 Å². The number of fused-ring (bicyclic) bond motifs is 4. The Kier molecular flexibility index (Phi) is 3.61. The van der Waals surface area contributed by atoms with Crippen LogP contribution in [0.3, 0.4) is 0 Å². The van der Waals surface area contributed by atoms with E-state index in [2.05, 4.69) is 121 Å². The van der Waals surface area contributed by atoms with Gasteiger partial charge >= 0.3 is 0 Å². The van der Waals surface area contributed by atoms with Gasteiger partial charge in [-0.1, -0.05) is 78.9 Å². The summed E-state index contributed by atoms with van der Waals surface area (Å²) < 4.78 is 0. The molecule has 1 N–H and O–H groups in total. The Morgan fingerprint density at radius 1 is 0.733 bits per heavy atom. The highest BCUT2D eigenvalue weighted by molar-refractivity contribution is 6.09. The Morgan fingerprint density at radius 2 is 1.40 bits per heavy atom. The Bertz CT molecular complexity index is 1370. The fraction of sp³-hybridized carbons (Fsp3) is 0.143. The molecule has 0 spiro atoms. The second-order valence-electron chi connectivity index (χ2n) is 8.58. The highest BCUT2D eigenvalue weighted by atomic mass is 15.2. The first-order valence-electron chi connectivity index (χ1n) is 10.6. The van der Waals surface area contributed by atoms with Crippen LogP contribution >= 0.6 is 0 Å². The molecule has 2 unspecified atom stereocenters. The SMILES string of the molecule is CN1c2cc3c(cc2C(C)(c2ccccc2)C1c1ccccc1)[nH]c1ccccc13. The first-order chi connectivity index (χ1) is 14.7. The molecule has 4 aromatic carbocycles. The third-order valence-electron chi connectivity index (χ3n) is 6.98. The Labute approximate surface area is 176 Å². The van der Waals surface area contributed by atoms with Gasteiger partial charge in [-0.05, 0) is 41.8 Å². The van der Waals surface area contributed by atoms with Gasteiger partial charge in [0.2, 0.25) is 0 Å². The van der Waals surface area contributed by atoms with Gasteiger partial charge in [-0.25, -0.2) is 0 Å². The number of para-hydroxylation sites is 1. The minimum absolute atomic E-state index is 0.155. The van der Waals surface area contributed by atoms with Crippen LogP contribution in [0.1, 0.15) is 29.7 Å². The summed E-state index contributed by atoms with van der Waals surface area (Å²) in [5.41, 5.74) is 7.63. The van der Waals surface area contributed by atoms with Crippen molar-refractivity contribution in [3.8, 4) is 0 Å². The number of nitrogens with zero attached hydrogens (tertiary/aromatic N) is 1. The van der Waals surface area contributed by atoms with Crippen molar-refractivity contribution in [3.05, 3.63) is 114 Å². The molecule has 0 radical (unpaired) electrons. The lowest BCUT2D eigenvalue weighted by molar-refractivity contribution is 0.476. The number of anilines is 1. The summed E-state index contributed by atoms with van der Waals surface area (Å²) >= 11 is 0. The summed E-state index contributed by atoms with van der Waals surface area (Å²) in [6.07, 6.45) is 0. The second-order valence-corrected chi connectivity index (χ2v) is 8.58. The molecule has 2 nitrogen and oxygen atoms in total. The lowest BCUT2D eigenvalue weighted by atomic mass is 9.70. The van der Waals surface area contributed by atoms with E-state index >= 15 is 0 Å². The normalized spacial score (nSPS) is 20.7. The smallest absolute Gasteiger partial charge is 0.0674 e. The molecule has 2 heteroatoms. The predicted molar refractivity (Wildman–Crippen MR) is 126 cm³/mol. The van der Waals surface area contributed by atoms with E-state index in [9.17, 15) is 0 Å². The number of hydrogen-bond acceptors (Lipinski definition) is 1. The van der Waals surface area contributed by atoms with Crippen LogP contribution in [0.2, 0.25) is 0 Å². The molecular formula is C28H24N2. The van der Waals surface area contributed by atoms with E-state index in [1.807, 2.05) is 0 Å². The predicted octanol–water partition coefficient (Wildman–Crippen LogP) is 6.82. The molecule has 0 amide bonds. The quantitative estimate of drug-likeness (QED) is 0.352. The first-order valence-corrected chi connectivity index (χ1v) is 10.6. The zero-order valence-corrected chi connectivity index (χ0v) is 17.3. The highest BCUT2D eigenvalue weighted by Gasteiger charge is 2.48. The maximum absolute atomic E-state index is 3.65. The number of nitrogens with one attached hydrogen (secondary N) is 1. The van der Waals surface area contributed by atoms with Crippen LogP contribution in [0.15, 0.2) is 97.1 Å². The van der Waals surface area contributed by atoms with Crippen molar-refractivity contribution in [2.45, 2.75) is 18.4 Å². The summed E-state index contributed by atoms with van der Waals surface area (Å²) in [7, 11) is 2.24. The van der Waals surface area contributed by atoms with Crippen molar-refractivity contribution in [3.63, 3.8) is 0 Å². The molecular weight excluding hydrogens is 364 g/mol. The van der Waals surface area contributed by atoms with E-state index in [4.69, 9.17) is 0 Å². The molecule has 0 bridgehead atoms.